The minimum atomic E-state index is 0.161. The summed E-state index contributed by atoms with van der Waals surface area (Å²) < 4.78 is 5.64. The van der Waals surface area contributed by atoms with E-state index in [4.69, 9.17) is 10.1 Å². The fraction of sp³-hybridized carbons (Fsp3) is 0.269. The predicted octanol–water partition coefficient (Wildman–Crippen LogP) is 5.00. The molecule has 0 spiro atoms. The number of nitrogens with one attached hydrogen (secondary N) is 3. The van der Waals surface area contributed by atoms with E-state index >= 15 is 0 Å². The number of hydrogen-bond acceptors (Lipinski definition) is 3. The highest BCUT2D eigenvalue weighted by Crippen LogP contribution is 2.37. The number of nitrogens with zero attached hydrogens (tertiary/aromatic N) is 1. The van der Waals surface area contributed by atoms with Crippen molar-refractivity contribution >= 4 is 23.3 Å². The van der Waals surface area contributed by atoms with Crippen LogP contribution in [-0.2, 0) is 4.74 Å². The summed E-state index contributed by atoms with van der Waals surface area (Å²) in [5, 5.41) is 12.3. The van der Waals surface area contributed by atoms with Crippen molar-refractivity contribution in [2.45, 2.75) is 20.0 Å². The van der Waals surface area contributed by atoms with E-state index in [1.165, 1.54) is 27.8 Å². The zero-order chi connectivity index (χ0) is 21.4. The Bertz CT molecular complexity index is 1160. The molecule has 1 atom stereocenters. The second-order valence-electron chi connectivity index (χ2n) is 8.39. The standard InChI is InChI=1S/C26H28N4O/c1-17-6-3-4-9-22(17)24-15-29-26-23(24)13-21(14-28-26)19-7-5-8-20(12-19)25(27)30-10-11-31-18(2)16-30/h3-9,12-13,15,18,27-29H,10-11,14,16H2,1-2H3. The third-order valence-corrected chi connectivity index (χ3v) is 6.19. The Morgan fingerprint density at radius 1 is 1.13 bits per heavy atom. The van der Waals surface area contributed by atoms with E-state index in [0.717, 1.165) is 36.6 Å². The molecular formula is C26H28N4O. The highest BCUT2D eigenvalue weighted by Gasteiger charge is 2.21. The molecule has 1 aromatic heterocycles. The van der Waals surface area contributed by atoms with Gasteiger partial charge in [0.05, 0.1) is 12.7 Å². The van der Waals surface area contributed by atoms with Crippen molar-refractivity contribution in [1.29, 1.82) is 5.41 Å². The van der Waals surface area contributed by atoms with Crippen LogP contribution in [0.3, 0.4) is 0 Å². The molecule has 3 aromatic rings. The largest absolute Gasteiger partial charge is 0.375 e. The molecule has 0 aliphatic carbocycles. The van der Waals surface area contributed by atoms with E-state index in [2.05, 4.69) is 83.8 Å². The average Bonchev–Trinajstić information content (AvgIpc) is 3.22. The van der Waals surface area contributed by atoms with Crippen LogP contribution in [0.1, 0.15) is 29.2 Å². The molecule has 2 aliphatic heterocycles. The monoisotopic (exact) mass is 412 g/mol. The van der Waals surface area contributed by atoms with Crippen molar-refractivity contribution in [2.75, 3.05) is 31.6 Å². The molecule has 5 rings (SSSR count). The smallest absolute Gasteiger partial charge is 0.128 e. The molecule has 0 saturated carbocycles. The first-order valence-electron chi connectivity index (χ1n) is 10.9. The van der Waals surface area contributed by atoms with E-state index < -0.39 is 0 Å². The van der Waals surface area contributed by atoms with Gasteiger partial charge in [-0.3, -0.25) is 5.41 Å². The Labute approximate surface area is 183 Å². The van der Waals surface area contributed by atoms with Crippen LogP contribution in [-0.4, -0.2) is 48.1 Å². The molecule has 3 heterocycles. The lowest BCUT2D eigenvalue weighted by atomic mass is 9.94. The highest BCUT2D eigenvalue weighted by atomic mass is 16.5. The number of anilines is 1. The average molecular weight is 413 g/mol. The molecule has 5 nitrogen and oxygen atoms in total. The number of amidine groups is 1. The molecule has 3 N–H and O–H groups in total. The van der Waals surface area contributed by atoms with Crippen molar-refractivity contribution < 1.29 is 4.74 Å². The summed E-state index contributed by atoms with van der Waals surface area (Å²) in [7, 11) is 0. The lowest BCUT2D eigenvalue weighted by Gasteiger charge is -2.33. The molecule has 1 unspecified atom stereocenters. The Morgan fingerprint density at radius 2 is 2.00 bits per heavy atom. The quantitative estimate of drug-likeness (QED) is 0.419. The van der Waals surface area contributed by atoms with Crippen LogP contribution < -0.4 is 5.32 Å². The van der Waals surface area contributed by atoms with Gasteiger partial charge in [0.1, 0.15) is 11.7 Å². The van der Waals surface area contributed by atoms with E-state index in [1.807, 2.05) is 6.07 Å². The lowest BCUT2D eigenvalue weighted by molar-refractivity contribution is 0.00573. The van der Waals surface area contributed by atoms with E-state index in [1.54, 1.807) is 0 Å². The van der Waals surface area contributed by atoms with Gasteiger partial charge in [0.2, 0.25) is 0 Å². The second kappa shape index (κ2) is 8.08. The van der Waals surface area contributed by atoms with Crippen LogP contribution in [0.15, 0.2) is 54.7 Å². The molecule has 2 aromatic carbocycles. The third kappa shape index (κ3) is 3.77. The number of aromatic nitrogens is 1. The summed E-state index contributed by atoms with van der Waals surface area (Å²) in [5.74, 6) is 1.64. The number of rotatable bonds is 3. The normalized spacial score (nSPS) is 18.2. The molecule has 0 bridgehead atoms. The van der Waals surface area contributed by atoms with Gasteiger partial charge in [-0.25, -0.2) is 0 Å². The van der Waals surface area contributed by atoms with Gasteiger partial charge in [0.15, 0.2) is 0 Å². The molecule has 0 radical (unpaired) electrons. The molecule has 5 heteroatoms. The van der Waals surface area contributed by atoms with Crippen molar-refractivity contribution in [2.24, 2.45) is 0 Å². The van der Waals surface area contributed by atoms with Gasteiger partial charge in [-0.15, -0.1) is 0 Å². The maximum Gasteiger partial charge on any atom is 0.128 e. The molecule has 158 valence electrons. The van der Waals surface area contributed by atoms with Gasteiger partial charge in [0.25, 0.3) is 0 Å². The number of morpholine rings is 1. The van der Waals surface area contributed by atoms with E-state index in [9.17, 15) is 0 Å². The topological polar surface area (TPSA) is 64.1 Å². The van der Waals surface area contributed by atoms with Crippen molar-refractivity contribution in [3.63, 3.8) is 0 Å². The van der Waals surface area contributed by atoms with Crippen LogP contribution in [0.25, 0.3) is 22.8 Å². The van der Waals surface area contributed by atoms with Crippen LogP contribution in [0.2, 0.25) is 0 Å². The second-order valence-corrected chi connectivity index (χ2v) is 8.39. The van der Waals surface area contributed by atoms with Gasteiger partial charge in [-0.2, -0.15) is 0 Å². The molecule has 31 heavy (non-hydrogen) atoms. The van der Waals surface area contributed by atoms with Gasteiger partial charge in [-0.05, 0) is 48.3 Å². The zero-order valence-electron chi connectivity index (χ0n) is 18.0. The fourth-order valence-corrected chi connectivity index (χ4v) is 4.49. The summed E-state index contributed by atoms with van der Waals surface area (Å²) in [5.41, 5.74) is 8.25. The number of ether oxygens (including phenoxy) is 1. The maximum atomic E-state index is 8.72. The number of aryl methyl sites for hydroxylation is 1. The third-order valence-electron chi connectivity index (χ3n) is 6.19. The van der Waals surface area contributed by atoms with Gasteiger partial charge >= 0.3 is 0 Å². The zero-order valence-corrected chi connectivity index (χ0v) is 18.0. The number of benzene rings is 2. The van der Waals surface area contributed by atoms with Gasteiger partial charge < -0.3 is 19.9 Å². The number of hydrogen-bond donors (Lipinski definition) is 3. The van der Waals surface area contributed by atoms with E-state index in [-0.39, 0.29) is 6.10 Å². The number of H-pyrrole nitrogens is 1. The Kier molecular flexibility index (Phi) is 5.12. The summed E-state index contributed by atoms with van der Waals surface area (Å²) in [6.07, 6.45) is 4.53. The highest BCUT2D eigenvalue weighted by molar-refractivity contribution is 5.99. The fourth-order valence-electron chi connectivity index (χ4n) is 4.49. The molecular weight excluding hydrogens is 384 g/mol. The van der Waals surface area contributed by atoms with Gasteiger partial charge in [-0.1, -0.05) is 42.5 Å². The maximum absolute atomic E-state index is 8.72. The predicted molar refractivity (Wildman–Crippen MR) is 128 cm³/mol. The molecule has 0 amide bonds. The number of aromatic amines is 1. The molecule has 1 saturated heterocycles. The van der Waals surface area contributed by atoms with Crippen LogP contribution in [0.4, 0.5) is 5.82 Å². The summed E-state index contributed by atoms with van der Waals surface area (Å²) in [6.45, 7) is 7.18. The Hall–Kier alpha value is -3.31. The summed E-state index contributed by atoms with van der Waals surface area (Å²) in [6, 6.07) is 16.8. The Balaban J connectivity index is 1.47. The first-order valence-corrected chi connectivity index (χ1v) is 10.9. The summed E-state index contributed by atoms with van der Waals surface area (Å²) in [4.78, 5) is 5.50. The summed E-state index contributed by atoms with van der Waals surface area (Å²) >= 11 is 0. The number of fused-ring (bicyclic) bond motifs is 1. The van der Waals surface area contributed by atoms with Crippen LogP contribution >= 0.6 is 0 Å². The van der Waals surface area contributed by atoms with Crippen molar-refractivity contribution in [3.05, 3.63) is 77.0 Å². The Morgan fingerprint density at radius 3 is 2.84 bits per heavy atom. The van der Waals surface area contributed by atoms with Crippen molar-refractivity contribution in [1.82, 2.24) is 9.88 Å². The minimum absolute atomic E-state index is 0.161. The van der Waals surface area contributed by atoms with Gasteiger partial charge in [0, 0.05) is 42.5 Å². The molecule has 2 aliphatic rings. The SMILES string of the molecule is Cc1ccccc1-c1c[nH]c2c1C=C(c1cccc(C(=N)N3CCOC(C)C3)c1)CN2. The van der Waals surface area contributed by atoms with E-state index in [0.29, 0.717) is 12.4 Å². The first-order chi connectivity index (χ1) is 15.1. The van der Waals surface area contributed by atoms with Crippen LogP contribution in [0, 0.1) is 12.3 Å². The van der Waals surface area contributed by atoms with Crippen molar-refractivity contribution in [3.8, 4) is 11.1 Å². The lowest BCUT2D eigenvalue weighted by Crippen LogP contribution is -2.44. The van der Waals surface area contributed by atoms with Crippen LogP contribution in [0.5, 0.6) is 0 Å². The molecule has 1 fully saturated rings. The first kappa shape index (κ1) is 19.6. The minimum Gasteiger partial charge on any atom is -0.375 e.